The SMILES string of the molecule is CCn1ccnc1CC(O)c1cc(Br)ccc1Cl. The van der Waals surface area contributed by atoms with Crippen molar-refractivity contribution in [1.29, 1.82) is 0 Å². The van der Waals surface area contributed by atoms with Crippen LogP contribution in [0.1, 0.15) is 24.4 Å². The average molecular weight is 330 g/mol. The maximum Gasteiger partial charge on any atom is 0.111 e. The van der Waals surface area contributed by atoms with E-state index in [0.29, 0.717) is 11.4 Å². The molecule has 5 heteroatoms. The predicted octanol–water partition coefficient (Wildman–Crippen LogP) is 3.60. The highest BCUT2D eigenvalue weighted by molar-refractivity contribution is 9.10. The van der Waals surface area contributed by atoms with Crippen molar-refractivity contribution in [2.45, 2.75) is 26.0 Å². The van der Waals surface area contributed by atoms with Gasteiger partial charge in [-0.2, -0.15) is 0 Å². The van der Waals surface area contributed by atoms with Gasteiger partial charge >= 0.3 is 0 Å². The molecule has 0 bridgehead atoms. The lowest BCUT2D eigenvalue weighted by molar-refractivity contribution is 0.174. The van der Waals surface area contributed by atoms with Crippen LogP contribution < -0.4 is 0 Å². The fourth-order valence-electron chi connectivity index (χ4n) is 1.87. The minimum Gasteiger partial charge on any atom is -0.388 e. The molecule has 3 nitrogen and oxygen atoms in total. The Hall–Kier alpha value is -0.840. The highest BCUT2D eigenvalue weighted by atomic mass is 79.9. The first-order valence-electron chi connectivity index (χ1n) is 5.74. The van der Waals surface area contributed by atoms with Gasteiger partial charge in [-0.3, -0.25) is 0 Å². The first kappa shape index (κ1) is 13.6. The summed E-state index contributed by atoms with van der Waals surface area (Å²) in [5, 5.41) is 10.8. The van der Waals surface area contributed by atoms with Crippen LogP contribution in [0.3, 0.4) is 0 Å². The van der Waals surface area contributed by atoms with Crippen molar-refractivity contribution in [2.24, 2.45) is 0 Å². The van der Waals surface area contributed by atoms with Gasteiger partial charge < -0.3 is 9.67 Å². The van der Waals surface area contributed by atoms with Crippen molar-refractivity contribution in [1.82, 2.24) is 9.55 Å². The summed E-state index contributed by atoms with van der Waals surface area (Å²) >= 11 is 9.48. The van der Waals surface area contributed by atoms with Crippen molar-refractivity contribution in [3.05, 3.63) is 51.5 Å². The van der Waals surface area contributed by atoms with Gasteiger partial charge in [0.25, 0.3) is 0 Å². The maximum atomic E-state index is 10.3. The van der Waals surface area contributed by atoms with E-state index in [2.05, 4.69) is 20.9 Å². The van der Waals surface area contributed by atoms with Gasteiger partial charge in [0.2, 0.25) is 0 Å². The van der Waals surface area contributed by atoms with Crippen molar-refractivity contribution in [3.63, 3.8) is 0 Å². The third kappa shape index (κ3) is 2.94. The molecule has 0 radical (unpaired) electrons. The van der Waals surface area contributed by atoms with Crippen molar-refractivity contribution in [2.75, 3.05) is 0 Å². The number of aliphatic hydroxyl groups excluding tert-OH is 1. The summed E-state index contributed by atoms with van der Waals surface area (Å²) in [7, 11) is 0. The first-order valence-corrected chi connectivity index (χ1v) is 6.92. The van der Waals surface area contributed by atoms with E-state index >= 15 is 0 Å². The number of nitrogens with zero attached hydrogens (tertiary/aromatic N) is 2. The Labute approximate surface area is 120 Å². The molecule has 1 aromatic heterocycles. The normalized spacial score (nSPS) is 12.7. The maximum absolute atomic E-state index is 10.3. The van der Waals surface area contributed by atoms with E-state index in [0.717, 1.165) is 22.4 Å². The molecule has 1 N–H and O–H groups in total. The van der Waals surface area contributed by atoms with Gasteiger partial charge in [0, 0.05) is 40.4 Å². The van der Waals surface area contributed by atoms with Crippen LogP contribution in [0.2, 0.25) is 5.02 Å². The van der Waals surface area contributed by atoms with Crippen LogP contribution in [-0.2, 0) is 13.0 Å². The monoisotopic (exact) mass is 328 g/mol. The van der Waals surface area contributed by atoms with Crippen LogP contribution in [0.25, 0.3) is 0 Å². The molecule has 0 saturated carbocycles. The third-order valence-electron chi connectivity index (χ3n) is 2.84. The van der Waals surface area contributed by atoms with Gasteiger partial charge in [-0.05, 0) is 25.1 Å². The van der Waals surface area contributed by atoms with Gasteiger partial charge in [0.1, 0.15) is 5.82 Å². The lowest BCUT2D eigenvalue weighted by Gasteiger charge is -2.13. The Morgan fingerprint density at radius 2 is 2.28 bits per heavy atom. The quantitative estimate of drug-likeness (QED) is 0.931. The molecular weight excluding hydrogens is 316 g/mol. The van der Waals surface area contributed by atoms with Gasteiger partial charge in [0.15, 0.2) is 0 Å². The van der Waals surface area contributed by atoms with Crippen LogP contribution >= 0.6 is 27.5 Å². The molecule has 0 fully saturated rings. The molecule has 0 aliphatic carbocycles. The van der Waals surface area contributed by atoms with Gasteiger partial charge in [-0.25, -0.2) is 4.98 Å². The molecule has 96 valence electrons. The molecule has 1 atom stereocenters. The molecule has 2 rings (SSSR count). The second kappa shape index (κ2) is 5.87. The summed E-state index contributed by atoms with van der Waals surface area (Å²) in [6, 6.07) is 5.47. The van der Waals surface area contributed by atoms with Crippen LogP contribution in [0.5, 0.6) is 0 Å². The van der Waals surface area contributed by atoms with E-state index in [9.17, 15) is 5.11 Å². The van der Waals surface area contributed by atoms with Crippen molar-refractivity contribution in [3.8, 4) is 0 Å². The molecule has 0 aliphatic rings. The van der Waals surface area contributed by atoms with Crippen molar-refractivity contribution >= 4 is 27.5 Å². The van der Waals surface area contributed by atoms with E-state index in [1.165, 1.54) is 0 Å². The highest BCUT2D eigenvalue weighted by Gasteiger charge is 2.15. The number of rotatable bonds is 4. The Kier molecular flexibility index (Phi) is 4.43. The molecule has 0 aliphatic heterocycles. The summed E-state index contributed by atoms with van der Waals surface area (Å²) in [4.78, 5) is 4.25. The van der Waals surface area contributed by atoms with E-state index in [4.69, 9.17) is 11.6 Å². The summed E-state index contributed by atoms with van der Waals surface area (Å²) in [5.74, 6) is 0.862. The smallest absolute Gasteiger partial charge is 0.111 e. The molecule has 1 aromatic carbocycles. The summed E-state index contributed by atoms with van der Waals surface area (Å²) < 4.78 is 2.91. The topological polar surface area (TPSA) is 38.0 Å². The average Bonchev–Trinajstić information content (AvgIpc) is 2.79. The van der Waals surface area contributed by atoms with Crippen LogP contribution in [0, 0.1) is 0 Å². The molecule has 0 amide bonds. The summed E-state index contributed by atoms with van der Waals surface area (Å²) in [6.45, 7) is 2.89. The van der Waals surface area contributed by atoms with Crippen LogP contribution in [0.15, 0.2) is 35.1 Å². The minimum absolute atomic E-state index is 0.455. The Morgan fingerprint density at radius 3 is 3.00 bits per heavy atom. The molecule has 0 saturated heterocycles. The highest BCUT2D eigenvalue weighted by Crippen LogP contribution is 2.28. The fraction of sp³-hybridized carbons (Fsp3) is 0.308. The number of hydrogen-bond donors (Lipinski definition) is 1. The first-order chi connectivity index (χ1) is 8.61. The number of benzene rings is 1. The van der Waals surface area contributed by atoms with Crippen molar-refractivity contribution < 1.29 is 5.11 Å². The number of aliphatic hydroxyl groups is 1. The number of halogens is 2. The fourth-order valence-corrected chi connectivity index (χ4v) is 2.49. The standard InChI is InChI=1S/C13H14BrClN2O/c1-2-17-6-5-16-13(17)8-12(18)10-7-9(14)3-4-11(10)15/h3-7,12,18H,2,8H2,1H3. The zero-order chi connectivity index (χ0) is 13.1. The number of hydrogen-bond acceptors (Lipinski definition) is 2. The molecule has 2 aromatic rings. The molecule has 18 heavy (non-hydrogen) atoms. The van der Waals surface area contributed by atoms with Crippen LogP contribution in [0.4, 0.5) is 0 Å². The molecular formula is C13H14BrClN2O. The molecule has 1 heterocycles. The van der Waals surface area contributed by atoms with Gasteiger partial charge in [0.05, 0.1) is 6.10 Å². The van der Waals surface area contributed by atoms with E-state index in [-0.39, 0.29) is 0 Å². The summed E-state index contributed by atoms with van der Waals surface area (Å²) in [6.07, 6.45) is 3.46. The molecule has 0 spiro atoms. The van der Waals surface area contributed by atoms with Gasteiger partial charge in [-0.1, -0.05) is 27.5 Å². The van der Waals surface area contributed by atoms with E-state index < -0.39 is 6.10 Å². The van der Waals surface area contributed by atoms with Crippen LogP contribution in [-0.4, -0.2) is 14.7 Å². The minimum atomic E-state index is -0.650. The Bertz CT molecular complexity index is 542. The zero-order valence-electron chi connectivity index (χ0n) is 9.98. The van der Waals surface area contributed by atoms with E-state index in [1.54, 1.807) is 12.3 Å². The lowest BCUT2D eigenvalue weighted by Crippen LogP contribution is -2.08. The number of aromatic nitrogens is 2. The predicted molar refractivity (Wildman–Crippen MR) is 75.7 cm³/mol. The number of imidazole rings is 1. The Balaban J connectivity index is 2.21. The van der Waals surface area contributed by atoms with E-state index in [1.807, 2.05) is 29.8 Å². The Morgan fingerprint density at radius 1 is 1.50 bits per heavy atom. The third-order valence-corrected chi connectivity index (χ3v) is 3.67. The largest absolute Gasteiger partial charge is 0.388 e. The lowest BCUT2D eigenvalue weighted by atomic mass is 10.1. The second-order valence-electron chi connectivity index (χ2n) is 4.02. The molecule has 1 unspecified atom stereocenters. The van der Waals surface area contributed by atoms with Gasteiger partial charge in [-0.15, -0.1) is 0 Å². The number of aryl methyl sites for hydroxylation is 1. The zero-order valence-corrected chi connectivity index (χ0v) is 12.3. The summed E-state index contributed by atoms with van der Waals surface area (Å²) in [5.41, 5.74) is 0.719. The second-order valence-corrected chi connectivity index (χ2v) is 5.34.